The fraction of sp³-hybridized carbons (Fsp3) is 0.417. The minimum Gasteiger partial charge on any atom is -0.478 e. The van der Waals surface area contributed by atoms with Gasteiger partial charge in [-0.05, 0) is 36.6 Å². The molecule has 0 unspecified atom stereocenters. The number of carboxylic acid groups (broad SMARTS) is 1. The first kappa shape index (κ1) is 11.0. The van der Waals surface area contributed by atoms with Crippen molar-refractivity contribution in [2.24, 2.45) is 5.73 Å². The zero-order valence-corrected chi connectivity index (χ0v) is 9.15. The van der Waals surface area contributed by atoms with Crippen molar-refractivity contribution in [2.45, 2.75) is 12.8 Å². The molecule has 1 aliphatic heterocycles. The lowest BCUT2D eigenvalue weighted by Crippen LogP contribution is -2.33. The lowest BCUT2D eigenvalue weighted by Gasteiger charge is -2.31. The van der Waals surface area contributed by atoms with Crippen molar-refractivity contribution in [3.8, 4) is 0 Å². The van der Waals surface area contributed by atoms with Crippen LogP contribution in [0.3, 0.4) is 0 Å². The molecule has 0 amide bonds. The number of carbonyl (C=O) groups is 1. The Morgan fingerprint density at radius 3 is 3.00 bits per heavy atom. The summed E-state index contributed by atoms with van der Waals surface area (Å²) in [5.74, 6) is -0.862. The van der Waals surface area contributed by atoms with Gasteiger partial charge in [0.25, 0.3) is 0 Å². The Kier molecular flexibility index (Phi) is 3.10. The van der Waals surface area contributed by atoms with Crippen LogP contribution in [0, 0.1) is 0 Å². The van der Waals surface area contributed by atoms with Gasteiger partial charge in [0.1, 0.15) is 0 Å². The summed E-state index contributed by atoms with van der Waals surface area (Å²) in [6, 6.07) is 5.34. The monoisotopic (exact) mass is 220 g/mol. The molecule has 0 fully saturated rings. The fourth-order valence-corrected chi connectivity index (χ4v) is 2.20. The van der Waals surface area contributed by atoms with Crippen LogP contribution in [0.5, 0.6) is 0 Å². The molecule has 4 heteroatoms. The molecule has 0 spiro atoms. The van der Waals surface area contributed by atoms with E-state index in [0.717, 1.165) is 37.2 Å². The largest absolute Gasteiger partial charge is 0.478 e. The summed E-state index contributed by atoms with van der Waals surface area (Å²) < 4.78 is 0. The predicted molar refractivity (Wildman–Crippen MR) is 63.0 cm³/mol. The number of rotatable bonds is 3. The maximum Gasteiger partial charge on any atom is 0.335 e. The molecule has 0 saturated carbocycles. The van der Waals surface area contributed by atoms with E-state index in [1.807, 2.05) is 6.07 Å². The Morgan fingerprint density at radius 1 is 1.50 bits per heavy atom. The third kappa shape index (κ3) is 2.02. The Balaban J connectivity index is 2.32. The molecule has 0 radical (unpaired) electrons. The lowest BCUT2D eigenvalue weighted by molar-refractivity contribution is 0.0697. The maximum atomic E-state index is 10.9. The van der Waals surface area contributed by atoms with Gasteiger partial charge >= 0.3 is 5.97 Å². The van der Waals surface area contributed by atoms with E-state index in [1.54, 1.807) is 12.1 Å². The van der Waals surface area contributed by atoms with Crippen molar-refractivity contribution >= 4 is 11.7 Å². The van der Waals surface area contributed by atoms with Crippen LogP contribution in [0.25, 0.3) is 0 Å². The van der Waals surface area contributed by atoms with Gasteiger partial charge in [0.2, 0.25) is 0 Å². The lowest BCUT2D eigenvalue weighted by atomic mass is 9.99. The summed E-state index contributed by atoms with van der Waals surface area (Å²) in [5, 5.41) is 8.92. The molecule has 0 atom stereocenters. The molecule has 1 aliphatic rings. The molecule has 0 bridgehead atoms. The minimum atomic E-state index is -0.862. The molecule has 16 heavy (non-hydrogen) atoms. The number of hydrogen-bond acceptors (Lipinski definition) is 3. The van der Waals surface area contributed by atoms with Crippen molar-refractivity contribution in [2.75, 3.05) is 24.5 Å². The molecular formula is C12H16N2O2. The molecule has 1 aromatic carbocycles. The van der Waals surface area contributed by atoms with Crippen LogP contribution in [-0.2, 0) is 6.42 Å². The normalized spacial score (nSPS) is 14.7. The van der Waals surface area contributed by atoms with Gasteiger partial charge in [0, 0.05) is 25.3 Å². The van der Waals surface area contributed by atoms with Crippen LogP contribution in [0.1, 0.15) is 22.3 Å². The highest BCUT2D eigenvalue weighted by Gasteiger charge is 2.17. The van der Waals surface area contributed by atoms with E-state index >= 15 is 0 Å². The Bertz CT molecular complexity index is 404. The third-order valence-electron chi connectivity index (χ3n) is 2.94. The number of hydrogen-bond donors (Lipinski definition) is 2. The number of anilines is 1. The van der Waals surface area contributed by atoms with Crippen molar-refractivity contribution in [3.05, 3.63) is 29.3 Å². The van der Waals surface area contributed by atoms with Gasteiger partial charge in [-0.1, -0.05) is 0 Å². The Labute approximate surface area is 94.7 Å². The molecule has 0 aliphatic carbocycles. The molecule has 0 aromatic heterocycles. The number of nitrogens with zero attached hydrogens (tertiary/aromatic N) is 1. The van der Waals surface area contributed by atoms with Gasteiger partial charge in [0.05, 0.1) is 5.56 Å². The standard InChI is InChI=1S/C12H16N2O2/c13-5-7-14-6-1-2-9-8-10(12(15)16)3-4-11(9)14/h3-4,8H,1-2,5-7,13H2,(H,15,16). The van der Waals surface area contributed by atoms with E-state index in [-0.39, 0.29) is 0 Å². The summed E-state index contributed by atoms with van der Waals surface area (Å²) in [6.07, 6.45) is 2.02. The molecule has 1 heterocycles. The van der Waals surface area contributed by atoms with Crippen LogP contribution in [-0.4, -0.2) is 30.7 Å². The second-order valence-corrected chi connectivity index (χ2v) is 4.03. The van der Waals surface area contributed by atoms with E-state index in [1.165, 1.54) is 0 Å². The quantitative estimate of drug-likeness (QED) is 0.800. The van der Waals surface area contributed by atoms with E-state index in [4.69, 9.17) is 10.8 Å². The van der Waals surface area contributed by atoms with Crippen LogP contribution in [0.15, 0.2) is 18.2 Å². The molecule has 0 saturated heterocycles. The Hall–Kier alpha value is -1.55. The van der Waals surface area contributed by atoms with Crippen molar-refractivity contribution in [1.29, 1.82) is 0 Å². The molecule has 1 aromatic rings. The first-order chi connectivity index (χ1) is 7.72. The van der Waals surface area contributed by atoms with Gasteiger partial charge in [-0.25, -0.2) is 4.79 Å². The van der Waals surface area contributed by atoms with Gasteiger partial charge in [-0.3, -0.25) is 0 Å². The number of nitrogens with two attached hydrogens (primary N) is 1. The molecule has 2 rings (SSSR count). The summed E-state index contributed by atoms with van der Waals surface area (Å²) in [5.41, 5.74) is 8.19. The van der Waals surface area contributed by atoms with Crippen LogP contribution in [0.4, 0.5) is 5.69 Å². The SMILES string of the molecule is NCCN1CCCc2cc(C(=O)O)ccc21. The molecular weight excluding hydrogens is 204 g/mol. The highest BCUT2D eigenvalue weighted by Crippen LogP contribution is 2.27. The van der Waals surface area contributed by atoms with Crippen molar-refractivity contribution in [3.63, 3.8) is 0 Å². The van der Waals surface area contributed by atoms with Gasteiger partial charge in [0.15, 0.2) is 0 Å². The third-order valence-corrected chi connectivity index (χ3v) is 2.94. The number of carboxylic acids is 1. The maximum absolute atomic E-state index is 10.9. The summed E-state index contributed by atoms with van der Waals surface area (Å²) in [7, 11) is 0. The number of aromatic carboxylic acids is 1. The van der Waals surface area contributed by atoms with Crippen LogP contribution >= 0.6 is 0 Å². The first-order valence-electron chi connectivity index (χ1n) is 5.53. The van der Waals surface area contributed by atoms with E-state index in [9.17, 15) is 4.79 Å². The van der Waals surface area contributed by atoms with Gasteiger partial charge in [-0.15, -0.1) is 0 Å². The smallest absolute Gasteiger partial charge is 0.335 e. The van der Waals surface area contributed by atoms with Crippen LogP contribution in [0.2, 0.25) is 0 Å². The molecule has 4 nitrogen and oxygen atoms in total. The van der Waals surface area contributed by atoms with Gasteiger partial charge in [-0.2, -0.15) is 0 Å². The topological polar surface area (TPSA) is 66.6 Å². The highest BCUT2D eigenvalue weighted by atomic mass is 16.4. The second-order valence-electron chi connectivity index (χ2n) is 4.03. The predicted octanol–water partition coefficient (Wildman–Crippen LogP) is 1.10. The van der Waals surface area contributed by atoms with Gasteiger partial charge < -0.3 is 15.7 Å². The van der Waals surface area contributed by atoms with Crippen molar-refractivity contribution < 1.29 is 9.90 Å². The minimum absolute atomic E-state index is 0.369. The zero-order valence-electron chi connectivity index (χ0n) is 9.15. The number of benzene rings is 1. The Morgan fingerprint density at radius 2 is 2.31 bits per heavy atom. The second kappa shape index (κ2) is 4.53. The number of aryl methyl sites for hydroxylation is 1. The van der Waals surface area contributed by atoms with E-state index in [0.29, 0.717) is 12.1 Å². The fourth-order valence-electron chi connectivity index (χ4n) is 2.20. The zero-order chi connectivity index (χ0) is 11.5. The number of fused-ring (bicyclic) bond motifs is 1. The average molecular weight is 220 g/mol. The van der Waals surface area contributed by atoms with Crippen molar-refractivity contribution in [1.82, 2.24) is 0 Å². The van der Waals surface area contributed by atoms with E-state index < -0.39 is 5.97 Å². The highest BCUT2D eigenvalue weighted by molar-refractivity contribution is 5.88. The summed E-state index contributed by atoms with van der Waals surface area (Å²) in [6.45, 7) is 2.47. The van der Waals surface area contributed by atoms with E-state index in [2.05, 4.69) is 4.90 Å². The molecule has 86 valence electrons. The summed E-state index contributed by atoms with van der Waals surface area (Å²) in [4.78, 5) is 13.1. The summed E-state index contributed by atoms with van der Waals surface area (Å²) >= 11 is 0. The van der Waals surface area contributed by atoms with Crippen LogP contribution < -0.4 is 10.6 Å². The average Bonchev–Trinajstić information content (AvgIpc) is 2.29. The first-order valence-corrected chi connectivity index (χ1v) is 5.53. The molecule has 3 N–H and O–H groups in total.